The van der Waals surface area contributed by atoms with Crippen molar-refractivity contribution in [3.8, 4) is 0 Å². The fourth-order valence-corrected chi connectivity index (χ4v) is 5.07. The van der Waals surface area contributed by atoms with Crippen molar-refractivity contribution in [3.05, 3.63) is 34.0 Å². The molecule has 0 aliphatic carbocycles. The minimum atomic E-state index is -0.0410. The quantitative estimate of drug-likeness (QED) is 0.741. The fourth-order valence-electron chi connectivity index (χ4n) is 5.07. The highest BCUT2D eigenvalue weighted by atomic mass is 16.5. The van der Waals surface area contributed by atoms with Crippen molar-refractivity contribution in [2.24, 2.45) is 11.3 Å². The van der Waals surface area contributed by atoms with Crippen molar-refractivity contribution in [2.75, 3.05) is 46.9 Å². The standard InChI is InChI=1S/C22H32N4O4/c1-14-18(15(2)29-23-14)10-19-16(3)30-24-20(19)21(27)26-12-17(11-25(4)5)22(13-26)6-8-28-9-7-22/h17H,6-13H2,1-5H3. The number of likely N-dealkylation sites (tertiary alicyclic amines) is 1. The number of ether oxygens (including phenoxy) is 1. The molecule has 4 heterocycles. The number of aryl methyl sites for hydroxylation is 3. The van der Waals surface area contributed by atoms with Gasteiger partial charge in [-0.1, -0.05) is 10.3 Å². The molecule has 1 atom stereocenters. The van der Waals surface area contributed by atoms with Gasteiger partial charge in [0, 0.05) is 50.4 Å². The molecule has 164 valence electrons. The van der Waals surface area contributed by atoms with E-state index in [1.165, 1.54) is 0 Å². The highest BCUT2D eigenvalue weighted by molar-refractivity contribution is 5.94. The summed E-state index contributed by atoms with van der Waals surface area (Å²) in [6.45, 7) is 9.67. The van der Waals surface area contributed by atoms with Crippen molar-refractivity contribution in [1.82, 2.24) is 20.1 Å². The van der Waals surface area contributed by atoms with Crippen molar-refractivity contribution in [1.29, 1.82) is 0 Å². The van der Waals surface area contributed by atoms with Crippen molar-refractivity contribution in [3.63, 3.8) is 0 Å². The molecule has 4 rings (SSSR count). The van der Waals surface area contributed by atoms with Crippen LogP contribution in [-0.4, -0.2) is 73.0 Å². The highest BCUT2D eigenvalue weighted by Crippen LogP contribution is 2.45. The smallest absolute Gasteiger partial charge is 0.276 e. The van der Waals surface area contributed by atoms with Gasteiger partial charge in [0.15, 0.2) is 5.69 Å². The second-order valence-corrected chi connectivity index (χ2v) is 9.17. The third kappa shape index (κ3) is 3.78. The number of carbonyl (C=O) groups excluding carboxylic acids is 1. The first kappa shape index (κ1) is 21.1. The van der Waals surface area contributed by atoms with E-state index in [-0.39, 0.29) is 11.3 Å². The molecule has 2 aliphatic heterocycles. The molecule has 2 saturated heterocycles. The Morgan fingerprint density at radius 3 is 2.40 bits per heavy atom. The van der Waals surface area contributed by atoms with Crippen molar-refractivity contribution in [2.45, 2.75) is 40.0 Å². The van der Waals surface area contributed by atoms with Crippen LogP contribution >= 0.6 is 0 Å². The first-order valence-corrected chi connectivity index (χ1v) is 10.7. The topological polar surface area (TPSA) is 84.8 Å². The zero-order valence-electron chi connectivity index (χ0n) is 18.7. The maximum absolute atomic E-state index is 13.6. The van der Waals surface area contributed by atoms with Gasteiger partial charge >= 0.3 is 0 Å². The lowest BCUT2D eigenvalue weighted by molar-refractivity contribution is -0.00454. The summed E-state index contributed by atoms with van der Waals surface area (Å²) in [5.74, 6) is 1.82. The third-order valence-corrected chi connectivity index (χ3v) is 6.90. The van der Waals surface area contributed by atoms with E-state index in [2.05, 4.69) is 29.3 Å². The molecule has 0 radical (unpaired) electrons. The van der Waals surface area contributed by atoms with E-state index >= 15 is 0 Å². The van der Waals surface area contributed by atoms with Crippen LogP contribution in [0.25, 0.3) is 0 Å². The number of amides is 1. The Balaban J connectivity index is 1.59. The van der Waals surface area contributed by atoms with Crippen LogP contribution in [0.1, 0.15) is 51.7 Å². The van der Waals surface area contributed by atoms with Gasteiger partial charge in [-0.3, -0.25) is 4.79 Å². The van der Waals surface area contributed by atoms with Gasteiger partial charge < -0.3 is 23.6 Å². The lowest BCUT2D eigenvalue weighted by Crippen LogP contribution is -2.40. The van der Waals surface area contributed by atoms with Gasteiger partial charge in [0.1, 0.15) is 11.5 Å². The number of nitrogens with zero attached hydrogens (tertiary/aromatic N) is 4. The lowest BCUT2D eigenvalue weighted by Gasteiger charge is -2.38. The van der Waals surface area contributed by atoms with Gasteiger partial charge in [-0.15, -0.1) is 0 Å². The maximum Gasteiger partial charge on any atom is 0.276 e. The SMILES string of the molecule is Cc1noc(C)c1Cc1c(C(=O)N2CC(CN(C)C)C3(CCOCC3)C2)noc1C. The molecule has 0 saturated carbocycles. The minimum absolute atomic E-state index is 0.0410. The van der Waals surface area contributed by atoms with Crippen LogP contribution in [-0.2, 0) is 11.2 Å². The van der Waals surface area contributed by atoms with Gasteiger partial charge in [-0.25, -0.2) is 0 Å². The van der Waals surface area contributed by atoms with Gasteiger partial charge in [-0.2, -0.15) is 0 Å². The first-order valence-electron chi connectivity index (χ1n) is 10.7. The Morgan fingerprint density at radius 1 is 1.10 bits per heavy atom. The molecule has 0 aromatic carbocycles. The summed E-state index contributed by atoms with van der Waals surface area (Å²) in [5, 5.41) is 8.20. The summed E-state index contributed by atoms with van der Waals surface area (Å²) in [7, 11) is 4.19. The van der Waals surface area contributed by atoms with Crippen LogP contribution in [0.3, 0.4) is 0 Å². The number of hydrogen-bond acceptors (Lipinski definition) is 7. The van der Waals surface area contributed by atoms with Crippen molar-refractivity contribution < 1.29 is 18.6 Å². The molecular formula is C22H32N4O4. The zero-order valence-corrected chi connectivity index (χ0v) is 18.7. The average molecular weight is 417 g/mol. The molecule has 30 heavy (non-hydrogen) atoms. The molecule has 8 heteroatoms. The monoisotopic (exact) mass is 416 g/mol. The first-order chi connectivity index (χ1) is 14.3. The van der Waals surface area contributed by atoms with E-state index in [0.29, 0.717) is 23.8 Å². The van der Waals surface area contributed by atoms with Crippen LogP contribution in [0.15, 0.2) is 9.05 Å². The van der Waals surface area contributed by atoms with Crippen LogP contribution in [0.5, 0.6) is 0 Å². The predicted octanol–water partition coefficient (Wildman–Crippen LogP) is 2.61. The van der Waals surface area contributed by atoms with Gasteiger partial charge in [0.2, 0.25) is 0 Å². The minimum Gasteiger partial charge on any atom is -0.381 e. The molecule has 1 unspecified atom stereocenters. The molecule has 0 N–H and O–H groups in total. The van der Waals surface area contributed by atoms with E-state index in [0.717, 1.165) is 68.3 Å². The molecular weight excluding hydrogens is 384 g/mol. The summed E-state index contributed by atoms with van der Waals surface area (Å²) >= 11 is 0. The van der Waals surface area contributed by atoms with Crippen LogP contribution in [0.4, 0.5) is 0 Å². The Hall–Kier alpha value is -2.19. The van der Waals surface area contributed by atoms with E-state index in [4.69, 9.17) is 13.8 Å². The highest BCUT2D eigenvalue weighted by Gasteiger charge is 2.49. The van der Waals surface area contributed by atoms with Crippen molar-refractivity contribution >= 4 is 5.91 Å². The third-order valence-electron chi connectivity index (χ3n) is 6.90. The Morgan fingerprint density at radius 2 is 1.77 bits per heavy atom. The van der Waals surface area contributed by atoms with Crippen LogP contribution < -0.4 is 0 Å². The Kier molecular flexibility index (Phi) is 5.72. The van der Waals surface area contributed by atoms with Gasteiger partial charge in [-0.05, 0) is 59.0 Å². The maximum atomic E-state index is 13.6. The summed E-state index contributed by atoms with van der Waals surface area (Å²) in [6, 6.07) is 0. The zero-order chi connectivity index (χ0) is 21.5. The van der Waals surface area contributed by atoms with Gasteiger partial charge in [0.25, 0.3) is 5.91 Å². The molecule has 2 aliphatic rings. The van der Waals surface area contributed by atoms with E-state index in [1.807, 2.05) is 25.7 Å². The number of carbonyl (C=O) groups is 1. The normalized spacial score (nSPS) is 21.1. The number of rotatable bonds is 5. The lowest BCUT2D eigenvalue weighted by atomic mass is 9.72. The van der Waals surface area contributed by atoms with Gasteiger partial charge in [0.05, 0.1) is 5.69 Å². The molecule has 8 nitrogen and oxygen atoms in total. The molecule has 2 aromatic heterocycles. The molecule has 0 bridgehead atoms. The Bertz CT molecular complexity index is 891. The van der Waals surface area contributed by atoms with E-state index in [1.54, 1.807) is 0 Å². The summed E-state index contributed by atoms with van der Waals surface area (Å²) in [6.07, 6.45) is 2.53. The summed E-state index contributed by atoms with van der Waals surface area (Å²) in [4.78, 5) is 17.8. The summed E-state index contributed by atoms with van der Waals surface area (Å²) in [5.41, 5.74) is 3.19. The molecule has 1 amide bonds. The number of aromatic nitrogens is 2. The second kappa shape index (κ2) is 8.15. The van der Waals surface area contributed by atoms with E-state index < -0.39 is 0 Å². The van der Waals surface area contributed by atoms with Crippen LogP contribution in [0, 0.1) is 32.1 Å². The number of hydrogen-bond donors (Lipinski definition) is 0. The van der Waals surface area contributed by atoms with Crippen LogP contribution in [0.2, 0.25) is 0 Å². The predicted molar refractivity (Wildman–Crippen MR) is 110 cm³/mol. The second-order valence-electron chi connectivity index (χ2n) is 9.17. The Labute approximate surface area is 177 Å². The largest absolute Gasteiger partial charge is 0.381 e. The fraction of sp³-hybridized carbons (Fsp3) is 0.682. The molecule has 2 fully saturated rings. The average Bonchev–Trinajstić information content (AvgIpc) is 3.34. The summed E-state index contributed by atoms with van der Waals surface area (Å²) < 4.78 is 16.4. The molecule has 1 spiro atoms. The molecule has 2 aromatic rings. The van der Waals surface area contributed by atoms with E-state index in [9.17, 15) is 4.79 Å².